The van der Waals surface area contributed by atoms with Crippen molar-refractivity contribution in [3.8, 4) is 0 Å². The van der Waals surface area contributed by atoms with Crippen LogP contribution in [0.15, 0.2) is 38.9 Å². The number of ketones is 1. The van der Waals surface area contributed by atoms with Gasteiger partial charge in [0.15, 0.2) is 11.7 Å². The molecular weight excluding hydrogens is 531 g/mol. The average molecular weight is 557 g/mol. The van der Waals surface area contributed by atoms with Crippen LogP contribution >= 0.6 is 11.3 Å². The molecule has 14 heteroatoms. The number of benzene rings is 1. The zero-order valence-electron chi connectivity index (χ0n) is 19.5. The predicted octanol–water partition coefficient (Wildman–Crippen LogP) is 2.09. The van der Waals surface area contributed by atoms with Crippen molar-refractivity contribution < 1.29 is 30.8 Å². The van der Waals surface area contributed by atoms with E-state index in [1.165, 1.54) is 22.4 Å². The molecule has 194 valence electrons. The van der Waals surface area contributed by atoms with Crippen LogP contribution in [-0.2, 0) is 42.7 Å². The number of carbonyl (C=O) groups excluding carboxylic acids is 2. The Balaban J connectivity index is 1.66. The number of amides is 1. The number of nitrogens with one attached hydrogen (secondary N) is 2. The molecule has 1 aromatic heterocycles. The molecular formula is C22H25FN4O6S3. The van der Waals surface area contributed by atoms with Gasteiger partial charge in [-0.05, 0) is 29.5 Å². The van der Waals surface area contributed by atoms with Crippen LogP contribution < -0.4 is 10.0 Å². The molecule has 1 saturated heterocycles. The minimum atomic E-state index is -4.32. The molecule has 1 aromatic carbocycles. The van der Waals surface area contributed by atoms with Crippen molar-refractivity contribution in [2.45, 2.75) is 37.8 Å². The van der Waals surface area contributed by atoms with Crippen molar-refractivity contribution in [2.24, 2.45) is 16.2 Å². The molecule has 2 unspecified atom stereocenters. The number of hydrogen-bond acceptors (Lipinski definition) is 8. The number of piperidine rings is 1. The van der Waals surface area contributed by atoms with E-state index in [0.29, 0.717) is 18.4 Å². The monoisotopic (exact) mass is 556 g/mol. The zero-order valence-corrected chi connectivity index (χ0v) is 22.0. The SMILES string of the molecule is CCCC1CN(Cc2ccc(F)cc2)C(=O)C(C2=NS(=O)(=O)c3c(CNS(C)(=O)=O)csc3N2)C1=O. The fraction of sp³-hybridized carbons (Fsp3) is 0.409. The summed E-state index contributed by atoms with van der Waals surface area (Å²) in [6.45, 7) is 1.97. The van der Waals surface area contributed by atoms with E-state index in [4.69, 9.17) is 0 Å². The molecule has 0 saturated carbocycles. The summed E-state index contributed by atoms with van der Waals surface area (Å²) >= 11 is 1.01. The summed E-state index contributed by atoms with van der Waals surface area (Å²) in [4.78, 5) is 28.1. The van der Waals surface area contributed by atoms with Crippen LogP contribution in [0.3, 0.4) is 0 Å². The first-order chi connectivity index (χ1) is 16.9. The first kappa shape index (κ1) is 26.4. The topological polar surface area (TPSA) is 142 Å². The summed E-state index contributed by atoms with van der Waals surface area (Å²) in [6, 6.07) is 5.66. The minimum absolute atomic E-state index is 0.134. The maximum atomic E-state index is 13.4. The van der Waals surface area contributed by atoms with Crippen LogP contribution in [0.1, 0.15) is 30.9 Å². The fourth-order valence-corrected chi connectivity index (χ4v) is 7.36. The highest BCUT2D eigenvalue weighted by Gasteiger charge is 2.46. The molecule has 2 aromatic rings. The van der Waals surface area contributed by atoms with E-state index >= 15 is 0 Å². The molecule has 4 rings (SSSR count). The van der Waals surface area contributed by atoms with Crippen LogP contribution in [0.25, 0.3) is 0 Å². The molecule has 1 amide bonds. The second kappa shape index (κ2) is 10.00. The van der Waals surface area contributed by atoms with Gasteiger partial charge < -0.3 is 10.2 Å². The van der Waals surface area contributed by atoms with E-state index in [1.807, 2.05) is 6.92 Å². The maximum absolute atomic E-state index is 13.4. The molecule has 10 nitrogen and oxygen atoms in total. The summed E-state index contributed by atoms with van der Waals surface area (Å²) in [5.41, 5.74) is 0.877. The maximum Gasteiger partial charge on any atom is 0.287 e. The number of nitrogens with zero attached hydrogens (tertiary/aromatic N) is 2. The number of carbonyl (C=O) groups is 2. The molecule has 2 N–H and O–H groups in total. The van der Waals surface area contributed by atoms with Crippen LogP contribution in [0.5, 0.6) is 0 Å². The lowest BCUT2D eigenvalue weighted by molar-refractivity contribution is -0.146. The first-order valence-corrected chi connectivity index (χ1v) is 15.3. The van der Waals surface area contributed by atoms with Crippen LogP contribution in [-0.4, -0.2) is 52.1 Å². The van der Waals surface area contributed by atoms with Gasteiger partial charge in [0, 0.05) is 31.1 Å². The van der Waals surface area contributed by atoms with Gasteiger partial charge in [0.05, 0.1) is 6.26 Å². The number of Topliss-reactive ketones (excluding diaryl/α,β-unsaturated/α-hetero) is 1. The smallest absolute Gasteiger partial charge is 0.287 e. The Labute approximate surface area is 212 Å². The molecule has 0 radical (unpaired) electrons. The van der Waals surface area contributed by atoms with Crippen molar-refractivity contribution in [3.05, 3.63) is 46.6 Å². The molecule has 3 heterocycles. The third-order valence-corrected chi connectivity index (χ3v) is 9.10. The molecule has 36 heavy (non-hydrogen) atoms. The summed E-state index contributed by atoms with van der Waals surface area (Å²) in [5, 5.41) is 4.49. The highest BCUT2D eigenvalue weighted by atomic mass is 32.2. The third-order valence-electron chi connectivity index (χ3n) is 5.94. The number of rotatable bonds is 8. The summed E-state index contributed by atoms with van der Waals surface area (Å²) in [7, 11) is -7.88. The lowest BCUT2D eigenvalue weighted by Crippen LogP contribution is -2.54. The Hall–Kier alpha value is -2.68. The summed E-state index contributed by atoms with van der Waals surface area (Å²) < 4.78 is 68.4. The molecule has 1 fully saturated rings. The van der Waals surface area contributed by atoms with E-state index in [2.05, 4.69) is 14.4 Å². The summed E-state index contributed by atoms with van der Waals surface area (Å²) in [5.74, 6) is -3.62. The quantitative estimate of drug-likeness (QED) is 0.474. The highest BCUT2D eigenvalue weighted by molar-refractivity contribution is 7.91. The van der Waals surface area contributed by atoms with E-state index in [-0.39, 0.29) is 40.9 Å². The molecule has 0 aliphatic carbocycles. The van der Waals surface area contributed by atoms with Gasteiger partial charge in [-0.25, -0.2) is 17.5 Å². The lowest BCUT2D eigenvalue weighted by Gasteiger charge is -2.37. The zero-order chi connectivity index (χ0) is 26.3. The van der Waals surface area contributed by atoms with Crippen molar-refractivity contribution in [1.82, 2.24) is 9.62 Å². The Morgan fingerprint density at radius 2 is 1.94 bits per heavy atom. The van der Waals surface area contributed by atoms with E-state index in [0.717, 1.165) is 17.6 Å². The number of thiophene rings is 1. The molecule has 0 bridgehead atoms. The summed E-state index contributed by atoms with van der Waals surface area (Å²) in [6.07, 6.45) is 2.15. The molecule has 0 spiro atoms. The number of hydrogen-bond donors (Lipinski definition) is 2. The minimum Gasteiger partial charge on any atom is -0.337 e. The normalized spacial score (nSPS) is 21.6. The van der Waals surface area contributed by atoms with Crippen molar-refractivity contribution in [3.63, 3.8) is 0 Å². The van der Waals surface area contributed by atoms with E-state index in [1.54, 1.807) is 12.1 Å². The molecule has 2 atom stereocenters. The van der Waals surface area contributed by atoms with Gasteiger partial charge in [-0.3, -0.25) is 9.59 Å². The standard InChI is InChI=1S/C22H25FN4O6S3/c1-3-4-14-11-27(10-13-5-7-16(23)8-6-13)22(29)17(18(14)28)20-25-21-19(36(32,33)26-20)15(12-34-21)9-24-35(2,30)31/h5-8,12,14,17,24H,3-4,9-11H2,1-2H3,(H,25,26). The lowest BCUT2D eigenvalue weighted by atomic mass is 9.83. The second-order valence-electron chi connectivity index (χ2n) is 8.76. The Kier molecular flexibility index (Phi) is 7.33. The van der Waals surface area contributed by atoms with Gasteiger partial charge in [-0.15, -0.1) is 15.7 Å². The van der Waals surface area contributed by atoms with Gasteiger partial charge in [0.1, 0.15) is 21.5 Å². The van der Waals surface area contributed by atoms with E-state index in [9.17, 15) is 30.8 Å². The van der Waals surface area contributed by atoms with E-state index < -0.39 is 49.4 Å². The first-order valence-electron chi connectivity index (χ1n) is 11.1. The number of fused-ring (bicyclic) bond motifs is 1. The largest absolute Gasteiger partial charge is 0.337 e. The van der Waals surface area contributed by atoms with Crippen molar-refractivity contribution >= 4 is 53.9 Å². The van der Waals surface area contributed by atoms with Gasteiger partial charge >= 0.3 is 0 Å². The Morgan fingerprint density at radius 3 is 2.58 bits per heavy atom. The number of sulfonamides is 2. The van der Waals surface area contributed by atoms with Gasteiger partial charge in [-0.2, -0.15) is 8.42 Å². The number of halogens is 1. The Morgan fingerprint density at radius 1 is 1.25 bits per heavy atom. The van der Waals surface area contributed by atoms with Gasteiger partial charge in [-0.1, -0.05) is 25.5 Å². The van der Waals surface area contributed by atoms with Crippen LogP contribution in [0.4, 0.5) is 9.39 Å². The fourth-order valence-electron chi connectivity index (χ4n) is 4.29. The van der Waals surface area contributed by atoms with Crippen molar-refractivity contribution in [2.75, 3.05) is 18.1 Å². The number of likely N-dealkylation sites (tertiary alicyclic amines) is 1. The highest BCUT2D eigenvalue weighted by Crippen LogP contribution is 2.38. The van der Waals surface area contributed by atoms with Crippen LogP contribution in [0, 0.1) is 17.7 Å². The predicted molar refractivity (Wildman–Crippen MR) is 133 cm³/mol. The second-order valence-corrected chi connectivity index (χ2v) is 13.0. The number of anilines is 1. The average Bonchev–Trinajstić information content (AvgIpc) is 3.21. The van der Waals surface area contributed by atoms with Crippen LogP contribution in [0.2, 0.25) is 0 Å². The molecule has 2 aliphatic rings. The Bertz CT molecular complexity index is 1430. The van der Waals surface area contributed by atoms with Gasteiger partial charge in [0.2, 0.25) is 15.9 Å². The third kappa shape index (κ3) is 5.51. The number of amidine groups is 1. The van der Waals surface area contributed by atoms with Gasteiger partial charge in [0.25, 0.3) is 10.0 Å². The van der Waals surface area contributed by atoms with Crippen molar-refractivity contribution in [1.29, 1.82) is 0 Å². The molecule has 2 aliphatic heterocycles.